The zero-order valence-electron chi connectivity index (χ0n) is 12.0. The number of aromatic nitrogens is 3. The van der Waals surface area contributed by atoms with Crippen molar-refractivity contribution < 1.29 is 8.42 Å². The summed E-state index contributed by atoms with van der Waals surface area (Å²) in [5.41, 5.74) is 1.85. The van der Waals surface area contributed by atoms with Gasteiger partial charge in [-0.1, -0.05) is 6.92 Å². The number of thioether (sulfide) groups is 1. The maximum Gasteiger partial charge on any atom is 0.160 e. The van der Waals surface area contributed by atoms with Gasteiger partial charge < -0.3 is 0 Å². The van der Waals surface area contributed by atoms with Crippen LogP contribution in [0.3, 0.4) is 0 Å². The number of hydrogen-bond acceptors (Lipinski definition) is 6. The second-order valence-corrected chi connectivity index (χ2v) is 7.96. The Morgan fingerprint density at radius 2 is 1.90 bits per heavy atom. The highest BCUT2D eigenvalue weighted by atomic mass is 32.2. The van der Waals surface area contributed by atoms with Crippen LogP contribution >= 0.6 is 11.8 Å². The molecule has 0 spiro atoms. The highest BCUT2D eigenvalue weighted by Gasteiger charge is 2.08. The summed E-state index contributed by atoms with van der Waals surface area (Å²) in [6.45, 7) is 2.03. The van der Waals surface area contributed by atoms with Gasteiger partial charge in [-0.15, -0.1) is 11.8 Å². The van der Waals surface area contributed by atoms with E-state index >= 15 is 0 Å². The van der Waals surface area contributed by atoms with Gasteiger partial charge in [-0.2, -0.15) is 0 Å². The molecular weight excluding hydrogens is 306 g/mol. The van der Waals surface area contributed by atoms with Gasteiger partial charge in [0.25, 0.3) is 0 Å². The van der Waals surface area contributed by atoms with E-state index < -0.39 is 9.84 Å². The Bertz CT molecular complexity index is 703. The van der Waals surface area contributed by atoms with Crippen molar-refractivity contribution in [1.82, 2.24) is 15.0 Å². The van der Waals surface area contributed by atoms with Crippen molar-refractivity contribution in [2.75, 3.05) is 17.8 Å². The molecule has 0 unspecified atom stereocenters. The fourth-order valence-electron chi connectivity index (χ4n) is 1.66. The number of hydrogen-bond donors (Lipinski definition) is 0. The third-order valence-corrected chi connectivity index (χ3v) is 4.88. The van der Waals surface area contributed by atoms with Crippen LogP contribution < -0.4 is 0 Å². The zero-order valence-corrected chi connectivity index (χ0v) is 13.6. The van der Waals surface area contributed by atoms with Gasteiger partial charge in [-0.3, -0.25) is 4.98 Å². The van der Waals surface area contributed by atoms with Crippen LogP contribution in [0.25, 0.3) is 11.4 Å². The first-order valence-electron chi connectivity index (χ1n) is 6.57. The predicted octanol–water partition coefficient (Wildman–Crippen LogP) is 2.24. The van der Waals surface area contributed by atoms with E-state index in [0.717, 1.165) is 22.7 Å². The first-order chi connectivity index (χ1) is 9.98. The van der Waals surface area contributed by atoms with Gasteiger partial charge in [-0.05, 0) is 24.6 Å². The van der Waals surface area contributed by atoms with Crippen molar-refractivity contribution in [3.8, 4) is 11.4 Å². The number of sulfone groups is 1. The van der Waals surface area contributed by atoms with Gasteiger partial charge in [0.05, 0.1) is 5.75 Å². The molecule has 0 atom stereocenters. The van der Waals surface area contributed by atoms with Crippen LogP contribution in [0, 0.1) is 0 Å². The molecule has 0 radical (unpaired) electrons. The van der Waals surface area contributed by atoms with Gasteiger partial charge in [0.2, 0.25) is 0 Å². The average molecular weight is 323 g/mol. The maximum atomic E-state index is 11.2. The number of nitrogens with zero attached hydrogens (tertiary/aromatic N) is 3. The van der Waals surface area contributed by atoms with Crippen molar-refractivity contribution >= 4 is 21.6 Å². The van der Waals surface area contributed by atoms with Crippen LogP contribution in [-0.2, 0) is 16.3 Å². The molecule has 0 saturated heterocycles. The van der Waals surface area contributed by atoms with Crippen molar-refractivity contribution in [2.45, 2.75) is 18.4 Å². The third-order valence-electron chi connectivity index (χ3n) is 2.76. The van der Waals surface area contributed by atoms with Crippen molar-refractivity contribution in [3.05, 3.63) is 36.3 Å². The van der Waals surface area contributed by atoms with E-state index in [2.05, 4.69) is 15.0 Å². The molecule has 0 bridgehead atoms. The molecule has 5 nitrogen and oxygen atoms in total. The first-order valence-corrected chi connectivity index (χ1v) is 9.61. The van der Waals surface area contributed by atoms with Crippen molar-refractivity contribution in [1.29, 1.82) is 0 Å². The van der Waals surface area contributed by atoms with E-state index in [9.17, 15) is 8.42 Å². The molecule has 2 aromatic heterocycles. The third kappa shape index (κ3) is 5.09. The van der Waals surface area contributed by atoms with E-state index in [1.165, 1.54) is 18.0 Å². The topological polar surface area (TPSA) is 72.8 Å². The Morgan fingerprint density at radius 1 is 1.19 bits per heavy atom. The molecule has 0 aliphatic heterocycles. The highest BCUT2D eigenvalue weighted by Crippen LogP contribution is 2.21. The Morgan fingerprint density at radius 3 is 2.52 bits per heavy atom. The quantitative estimate of drug-likeness (QED) is 0.599. The van der Waals surface area contributed by atoms with Crippen LogP contribution in [0.15, 0.2) is 35.6 Å². The van der Waals surface area contributed by atoms with Crippen LogP contribution in [0.1, 0.15) is 12.6 Å². The minimum Gasteiger partial charge on any atom is -0.265 e. The summed E-state index contributed by atoms with van der Waals surface area (Å²) >= 11 is 1.44. The lowest BCUT2D eigenvalue weighted by Gasteiger charge is -2.06. The van der Waals surface area contributed by atoms with Crippen LogP contribution in [0.2, 0.25) is 0 Å². The zero-order chi connectivity index (χ0) is 15.3. The van der Waals surface area contributed by atoms with E-state index in [1.54, 1.807) is 12.4 Å². The Labute approximate surface area is 129 Å². The lowest BCUT2D eigenvalue weighted by Crippen LogP contribution is -2.05. The largest absolute Gasteiger partial charge is 0.265 e. The monoisotopic (exact) mass is 323 g/mol. The van der Waals surface area contributed by atoms with Crippen molar-refractivity contribution in [3.63, 3.8) is 0 Å². The minimum atomic E-state index is -2.94. The first kappa shape index (κ1) is 15.9. The molecular formula is C14H17N3O2S2. The lowest BCUT2D eigenvalue weighted by molar-refractivity contribution is 0.603. The Balaban J connectivity index is 2.22. The minimum absolute atomic E-state index is 0.147. The highest BCUT2D eigenvalue weighted by molar-refractivity contribution is 8.00. The molecule has 0 aliphatic rings. The molecule has 0 amide bonds. The molecule has 0 aromatic carbocycles. The second kappa shape index (κ2) is 7.00. The lowest BCUT2D eigenvalue weighted by atomic mass is 10.2. The molecule has 2 heterocycles. The number of rotatable bonds is 6. The Hall–Kier alpha value is -1.47. The van der Waals surface area contributed by atoms with E-state index in [-0.39, 0.29) is 5.75 Å². The summed E-state index contributed by atoms with van der Waals surface area (Å²) in [6, 6.07) is 5.64. The normalized spacial score (nSPS) is 11.5. The average Bonchev–Trinajstić information content (AvgIpc) is 2.46. The van der Waals surface area contributed by atoms with Crippen LogP contribution in [0.4, 0.5) is 0 Å². The smallest absolute Gasteiger partial charge is 0.160 e. The van der Waals surface area contributed by atoms with E-state index in [1.807, 2.05) is 25.1 Å². The molecule has 0 saturated carbocycles. The standard InChI is InChI=1S/C14H17N3O2S2/c1-3-12-10-13(20-8-9-21(2,18)19)17-14(16-12)11-4-6-15-7-5-11/h4-7,10H,3,8-9H2,1-2H3. The summed E-state index contributed by atoms with van der Waals surface area (Å²) in [6.07, 6.45) is 5.45. The SMILES string of the molecule is CCc1cc(SCCS(C)(=O)=O)nc(-c2ccncc2)n1. The molecule has 0 aliphatic carbocycles. The second-order valence-electron chi connectivity index (χ2n) is 4.59. The van der Waals surface area contributed by atoms with Crippen molar-refractivity contribution in [2.24, 2.45) is 0 Å². The predicted molar refractivity (Wildman–Crippen MR) is 85.1 cm³/mol. The van der Waals surface area contributed by atoms with Gasteiger partial charge in [0, 0.05) is 35.7 Å². The van der Waals surface area contributed by atoms with Gasteiger partial charge in [-0.25, -0.2) is 18.4 Å². The summed E-state index contributed by atoms with van der Waals surface area (Å²) < 4.78 is 22.4. The number of pyridine rings is 1. The molecule has 112 valence electrons. The Kier molecular flexibility index (Phi) is 5.30. The molecule has 2 aromatic rings. The van der Waals surface area contributed by atoms with E-state index in [4.69, 9.17) is 0 Å². The summed E-state index contributed by atoms with van der Waals surface area (Å²) in [4.78, 5) is 13.0. The summed E-state index contributed by atoms with van der Waals surface area (Å²) in [5.74, 6) is 1.29. The molecule has 7 heteroatoms. The molecule has 2 rings (SSSR count). The summed E-state index contributed by atoms with van der Waals surface area (Å²) in [5, 5.41) is 0.803. The fourth-order valence-corrected chi connectivity index (χ4v) is 3.78. The number of aryl methyl sites for hydroxylation is 1. The fraction of sp³-hybridized carbons (Fsp3) is 0.357. The van der Waals surface area contributed by atoms with Gasteiger partial charge >= 0.3 is 0 Å². The molecule has 0 fully saturated rings. The van der Waals surface area contributed by atoms with Gasteiger partial charge in [0.1, 0.15) is 14.9 Å². The molecule has 21 heavy (non-hydrogen) atoms. The van der Waals surface area contributed by atoms with Crippen LogP contribution in [-0.4, -0.2) is 41.1 Å². The van der Waals surface area contributed by atoms with E-state index in [0.29, 0.717) is 11.6 Å². The summed E-state index contributed by atoms with van der Waals surface area (Å²) in [7, 11) is -2.94. The van der Waals surface area contributed by atoms with Crippen LogP contribution in [0.5, 0.6) is 0 Å². The molecule has 0 N–H and O–H groups in total. The van der Waals surface area contributed by atoms with Gasteiger partial charge in [0.15, 0.2) is 5.82 Å². The maximum absolute atomic E-state index is 11.2.